The Morgan fingerprint density at radius 2 is 1.68 bits per heavy atom. The molecule has 0 saturated carbocycles. The second kappa shape index (κ2) is 5.24. The number of fused-ring (bicyclic) bond motifs is 5. The smallest absolute Gasteiger partial charge is 0.229 e. The fourth-order valence-electron chi connectivity index (χ4n) is 3.86. The molecular weight excluding hydrogens is 374 g/mol. The number of para-hydroxylation sites is 1. The Morgan fingerprint density at radius 1 is 0.920 bits per heavy atom. The lowest BCUT2D eigenvalue weighted by Gasteiger charge is -2.47. The van der Waals surface area contributed by atoms with Crippen molar-refractivity contribution in [3.8, 4) is 16.9 Å². The zero-order chi connectivity index (χ0) is 17.0. The van der Waals surface area contributed by atoms with Gasteiger partial charge in [0.05, 0.1) is 0 Å². The average Bonchev–Trinajstić information content (AvgIpc) is 2.66. The maximum absolute atomic E-state index is 6.63. The summed E-state index contributed by atoms with van der Waals surface area (Å²) in [5.41, 5.74) is 5.26. The third-order valence-electron chi connectivity index (χ3n) is 5.09. The van der Waals surface area contributed by atoms with E-state index in [0.29, 0.717) is 0 Å². The number of nitrogens with zero attached hydrogens (tertiary/aromatic N) is 1. The molecule has 1 spiro atoms. The first-order chi connectivity index (χ1) is 12.2. The summed E-state index contributed by atoms with van der Waals surface area (Å²) in [6.07, 6.45) is 4.32. The summed E-state index contributed by atoms with van der Waals surface area (Å²) in [5, 5.41) is 0. The van der Waals surface area contributed by atoms with E-state index in [9.17, 15) is 0 Å². The maximum atomic E-state index is 6.63. The number of ether oxygens (including phenoxy) is 1. The lowest BCUT2D eigenvalue weighted by Crippen LogP contribution is -2.50. The molecule has 0 aliphatic carbocycles. The summed E-state index contributed by atoms with van der Waals surface area (Å²) < 4.78 is 7.68. The number of likely N-dealkylation sites (N-methyl/N-ethyl adjacent to an activating group) is 1. The van der Waals surface area contributed by atoms with E-state index in [0.717, 1.165) is 15.8 Å². The summed E-state index contributed by atoms with van der Waals surface area (Å²) in [7, 11) is 2.10. The van der Waals surface area contributed by atoms with Gasteiger partial charge in [-0.2, -0.15) is 0 Å². The topological polar surface area (TPSA) is 12.5 Å². The van der Waals surface area contributed by atoms with Gasteiger partial charge in [0.25, 0.3) is 0 Å². The zero-order valence-electron chi connectivity index (χ0n) is 13.7. The van der Waals surface area contributed by atoms with Crippen molar-refractivity contribution in [2.24, 2.45) is 0 Å². The number of rotatable bonds is 0. The molecule has 2 aliphatic heterocycles. The number of hydrogen-bond donors (Lipinski definition) is 0. The predicted octanol–water partition coefficient (Wildman–Crippen LogP) is 5.82. The molecule has 2 nitrogen and oxygen atoms in total. The van der Waals surface area contributed by atoms with Gasteiger partial charge in [-0.3, -0.25) is 0 Å². The molecule has 2 aliphatic rings. The minimum atomic E-state index is -0.633. The summed E-state index contributed by atoms with van der Waals surface area (Å²) in [6, 6.07) is 23.1. The molecule has 1 atom stereocenters. The maximum Gasteiger partial charge on any atom is 0.229 e. The highest BCUT2D eigenvalue weighted by Gasteiger charge is 2.44. The average molecular weight is 390 g/mol. The number of anilines is 1. The van der Waals surface area contributed by atoms with Crippen molar-refractivity contribution in [1.82, 2.24) is 0 Å². The quantitative estimate of drug-likeness (QED) is 0.479. The van der Waals surface area contributed by atoms with Crippen LogP contribution in [0.4, 0.5) is 5.69 Å². The third-order valence-corrected chi connectivity index (χ3v) is 5.59. The molecule has 0 bridgehead atoms. The van der Waals surface area contributed by atoms with Crippen molar-refractivity contribution in [1.29, 1.82) is 0 Å². The van der Waals surface area contributed by atoms with Crippen molar-refractivity contribution in [3.63, 3.8) is 0 Å². The summed E-state index contributed by atoms with van der Waals surface area (Å²) in [4.78, 5) is 2.23. The largest absolute Gasteiger partial charge is 0.459 e. The first-order valence-corrected chi connectivity index (χ1v) is 9.09. The molecule has 3 heteroatoms. The molecular formula is C22H16BrNO. The molecule has 3 aromatic rings. The van der Waals surface area contributed by atoms with Crippen LogP contribution in [0.1, 0.15) is 11.1 Å². The van der Waals surface area contributed by atoms with Crippen LogP contribution in [0.2, 0.25) is 0 Å². The molecule has 2 heterocycles. The molecule has 0 fully saturated rings. The van der Waals surface area contributed by atoms with E-state index in [1.54, 1.807) is 0 Å². The van der Waals surface area contributed by atoms with Gasteiger partial charge in [0.1, 0.15) is 5.75 Å². The summed E-state index contributed by atoms with van der Waals surface area (Å²) in [6.45, 7) is 0. The monoisotopic (exact) mass is 389 g/mol. The van der Waals surface area contributed by atoms with E-state index in [1.165, 1.54) is 22.4 Å². The Balaban J connectivity index is 1.77. The molecule has 0 aromatic heterocycles. The predicted molar refractivity (Wildman–Crippen MR) is 106 cm³/mol. The highest BCUT2D eigenvalue weighted by Crippen LogP contribution is 2.50. The summed E-state index contributed by atoms with van der Waals surface area (Å²) in [5.74, 6) is 0.895. The molecule has 25 heavy (non-hydrogen) atoms. The fourth-order valence-corrected chi connectivity index (χ4v) is 4.23. The Labute approximate surface area is 155 Å². The van der Waals surface area contributed by atoms with Gasteiger partial charge in [-0.15, -0.1) is 0 Å². The molecule has 0 amide bonds. The number of benzene rings is 3. The lowest BCUT2D eigenvalue weighted by molar-refractivity contribution is 0.116. The van der Waals surface area contributed by atoms with Crippen LogP contribution in [0.15, 0.2) is 77.3 Å². The van der Waals surface area contributed by atoms with E-state index in [4.69, 9.17) is 4.74 Å². The summed E-state index contributed by atoms with van der Waals surface area (Å²) >= 11 is 3.54. The van der Waals surface area contributed by atoms with Crippen LogP contribution in [0.3, 0.4) is 0 Å². The highest BCUT2D eigenvalue weighted by molar-refractivity contribution is 9.10. The second-order valence-electron chi connectivity index (χ2n) is 6.44. The van der Waals surface area contributed by atoms with Gasteiger partial charge in [0.15, 0.2) is 0 Å². The van der Waals surface area contributed by atoms with Crippen LogP contribution in [0.25, 0.3) is 17.2 Å². The van der Waals surface area contributed by atoms with Crippen LogP contribution in [0.5, 0.6) is 5.75 Å². The van der Waals surface area contributed by atoms with Gasteiger partial charge in [-0.1, -0.05) is 58.4 Å². The minimum Gasteiger partial charge on any atom is -0.459 e. The molecule has 3 aromatic carbocycles. The molecule has 122 valence electrons. The van der Waals surface area contributed by atoms with Crippen LogP contribution in [0, 0.1) is 0 Å². The highest BCUT2D eigenvalue weighted by atomic mass is 79.9. The Kier molecular flexibility index (Phi) is 3.10. The van der Waals surface area contributed by atoms with Crippen LogP contribution >= 0.6 is 15.9 Å². The van der Waals surface area contributed by atoms with Crippen molar-refractivity contribution >= 4 is 27.7 Å². The normalized spacial score (nSPS) is 19.8. The van der Waals surface area contributed by atoms with Crippen molar-refractivity contribution in [3.05, 3.63) is 88.4 Å². The van der Waals surface area contributed by atoms with Gasteiger partial charge in [-0.05, 0) is 42.0 Å². The van der Waals surface area contributed by atoms with Crippen LogP contribution in [-0.2, 0) is 5.72 Å². The van der Waals surface area contributed by atoms with Crippen LogP contribution < -0.4 is 9.64 Å². The van der Waals surface area contributed by atoms with Gasteiger partial charge >= 0.3 is 0 Å². The van der Waals surface area contributed by atoms with E-state index in [2.05, 4.69) is 94.6 Å². The Bertz CT molecular complexity index is 1030. The molecule has 0 saturated heterocycles. The minimum absolute atomic E-state index is 0.633. The van der Waals surface area contributed by atoms with E-state index >= 15 is 0 Å². The SMILES string of the molecule is CN1c2ccccc2-c2ccccc2[C@@]12C=Cc1cc(Br)ccc1O2. The third kappa shape index (κ3) is 2.02. The van der Waals surface area contributed by atoms with E-state index < -0.39 is 5.72 Å². The van der Waals surface area contributed by atoms with Crippen molar-refractivity contribution in [2.75, 3.05) is 11.9 Å². The molecule has 0 N–H and O–H groups in total. The van der Waals surface area contributed by atoms with Crippen molar-refractivity contribution < 1.29 is 4.74 Å². The van der Waals surface area contributed by atoms with Gasteiger partial charge in [0, 0.05) is 33.9 Å². The van der Waals surface area contributed by atoms with Gasteiger partial charge < -0.3 is 9.64 Å². The number of halogens is 1. The Morgan fingerprint density at radius 3 is 2.56 bits per heavy atom. The number of hydrogen-bond acceptors (Lipinski definition) is 2. The molecule has 5 rings (SSSR count). The standard InChI is InChI=1S/C22H16BrNO/c1-24-20-9-5-3-7-18(20)17-6-2-4-8-19(17)22(24)13-12-15-14-16(23)10-11-21(15)25-22/h2-14H,1H3/t22-/m0/s1. The Hall–Kier alpha value is -2.52. The van der Waals surface area contributed by atoms with Crippen LogP contribution in [-0.4, -0.2) is 7.05 Å². The van der Waals surface area contributed by atoms with E-state index in [-0.39, 0.29) is 0 Å². The molecule has 0 unspecified atom stereocenters. The first-order valence-electron chi connectivity index (χ1n) is 8.30. The van der Waals surface area contributed by atoms with Gasteiger partial charge in [0.2, 0.25) is 5.72 Å². The lowest BCUT2D eigenvalue weighted by atomic mass is 9.84. The molecule has 0 radical (unpaired) electrons. The zero-order valence-corrected chi connectivity index (χ0v) is 15.3. The van der Waals surface area contributed by atoms with E-state index in [1.807, 2.05) is 12.1 Å². The second-order valence-corrected chi connectivity index (χ2v) is 7.35. The van der Waals surface area contributed by atoms with Gasteiger partial charge in [-0.25, -0.2) is 0 Å². The van der Waals surface area contributed by atoms with Crippen molar-refractivity contribution in [2.45, 2.75) is 5.72 Å². The fraction of sp³-hybridized carbons (Fsp3) is 0.0909. The first kappa shape index (κ1) is 14.8.